The van der Waals surface area contributed by atoms with Gasteiger partial charge in [-0.2, -0.15) is 4.73 Å². The second-order valence-electron chi connectivity index (χ2n) is 3.55. The van der Waals surface area contributed by atoms with E-state index in [4.69, 9.17) is 4.74 Å². The molecule has 0 aliphatic heterocycles. The molecule has 1 heterocycles. The number of hydrogen-bond donors (Lipinski definition) is 0. The molecule has 1 aromatic carbocycles. The molecule has 0 radical (unpaired) electrons. The first-order valence-corrected chi connectivity index (χ1v) is 5.31. The Morgan fingerprint density at radius 1 is 1.47 bits per heavy atom. The van der Waals surface area contributed by atoms with E-state index < -0.39 is 5.97 Å². The van der Waals surface area contributed by atoms with Gasteiger partial charge in [0.1, 0.15) is 5.52 Å². The van der Waals surface area contributed by atoms with Gasteiger partial charge in [0.05, 0.1) is 6.61 Å². The van der Waals surface area contributed by atoms with Crippen LogP contribution in [0.4, 0.5) is 0 Å². The quantitative estimate of drug-likeness (QED) is 0.445. The second-order valence-corrected chi connectivity index (χ2v) is 3.55. The SMILES string of the molecule is CCOC(=O)c1nc2ccccc2[n+]([O-])c1C. The number of para-hydroxylation sites is 2. The van der Waals surface area contributed by atoms with Gasteiger partial charge in [-0.1, -0.05) is 12.1 Å². The zero-order chi connectivity index (χ0) is 12.4. The summed E-state index contributed by atoms with van der Waals surface area (Å²) in [7, 11) is 0. The number of carbonyl (C=O) groups is 1. The van der Waals surface area contributed by atoms with Crippen LogP contribution in [0.2, 0.25) is 0 Å². The summed E-state index contributed by atoms with van der Waals surface area (Å²) < 4.78 is 5.56. The van der Waals surface area contributed by atoms with Crippen LogP contribution in [-0.4, -0.2) is 17.6 Å². The molecule has 0 fully saturated rings. The molecule has 0 N–H and O–H groups in total. The van der Waals surface area contributed by atoms with E-state index in [1.54, 1.807) is 38.1 Å². The van der Waals surface area contributed by atoms with E-state index >= 15 is 0 Å². The summed E-state index contributed by atoms with van der Waals surface area (Å²) in [6, 6.07) is 6.87. The predicted molar refractivity (Wildman–Crippen MR) is 61.4 cm³/mol. The maximum absolute atomic E-state index is 11.9. The van der Waals surface area contributed by atoms with Gasteiger partial charge in [-0.15, -0.1) is 0 Å². The third kappa shape index (κ3) is 1.91. The van der Waals surface area contributed by atoms with Crippen molar-refractivity contribution in [2.24, 2.45) is 0 Å². The fourth-order valence-corrected chi connectivity index (χ4v) is 1.60. The zero-order valence-electron chi connectivity index (χ0n) is 9.64. The standard InChI is InChI=1S/C12H12N2O3/c1-3-17-12(15)11-8(2)14(16)10-7-5-4-6-9(10)13-11/h4-7H,3H2,1-2H3. The molecule has 5 heteroatoms. The summed E-state index contributed by atoms with van der Waals surface area (Å²) in [5, 5.41) is 11.9. The smallest absolute Gasteiger partial charge is 0.363 e. The zero-order valence-corrected chi connectivity index (χ0v) is 9.64. The van der Waals surface area contributed by atoms with Crippen LogP contribution < -0.4 is 4.73 Å². The number of carbonyl (C=O) groups excluding carboxylic acids is 1. The van der Waals surface area contributed by atoms with E-state index in [2.05, 4.69) is 4.98 Å². The van der Waals surface area contributed by atoms with Crippen molar-refractivity contribution in [3.8, 4) is 0 Å². The van der Waals surface area contributed by atoms with E-state index in [-0.39, 0.29) is 18.0 Å². The first-order chi connectivity index (χ1) is 8.15. The largest absolute Gasteiger partial charge is 0.618 e. The monoisotopic (exact) mass is 232 g/mol. The molecule has 0 aliphatic carbocycles. The molecule has 0 spiro atoms. The minimum atomic E-state index is -0.569. The van der Waals surface area contributed by atoms with E-state index in [0.717, 1.165) is 0 Å². The molecule has 1 aromatic heterocycles. The number of rotatable bonds is 2. The lowest BCUT2D eigenvalue weighted by Crippen LogP contribution is -2.34. The van der Waals surface area contributed by atoms with Crippen LogP contribution in [-0.2, 0) is 4.74 Å². The minimum Gasteiger partial charge on any atom is -0.618 e. The number of fused-ring (bicyclic) bond motifs is 1. The summed E-state index contributed by atoms with van der Waals surface area (Å²) in [5.74, 6) is -0.569. The molecular weight excluding hydrogens is 220 g/mol. The summed E-state index contributed by atoms with van der Waals surface area (Å²) in [6.07, 6.45) is 0. The summed E-state index contributed by atoms with van der Waals surface area (Å²) in [4.78, 5) is 15.8. The van der Waals surface area contributed by atoms with Crippen LogP contribution in [0.15, 0.2) is 24.3 Å². The maximum Gasteiger partial charge on any atom is 0.363 e. The van der Waals surface area contributed by atoms with Gasteiger partial charge in [-0.05, 0) is 13.0 Å². The lowest BCUT2D eigenvalue weighted by Gasteiger charge is -2.08. The molecule has 5 nitrogen and oxygen atoms in total. The highest BCUT2D eigenvalue weighted by molar-refractivity contribution is 5.89. The lowest BCUT2D eigenvalue weighted by molar-refractivity contribution is -0.584. The Morgan fingerprint density at radius 3 is 2.88 bits per heavy atom. The molecule has 0 saturated heterocycles. The lowest BCUT2D eigenvalue weighted by atomic mass is 10.2. The molecule has 0 amide bonds. The first-order valence-electron chi connectivity index (χ1n) is 5.31. The van der Waals surface area contributed by atoms with Crippen molar-refractivity contribution in [1.82, 2.24) is 4.98 Å². The molecule has 2 rings (SSSR count). The van der Waals surface area contributed by atoms with Crippen molar-refractivity contribution in [3.63, 3.8) is 0 Å². The average Bonchev–Trinajstić information content (AvgIpc) is 2.34. The number of hydrogen-bond acceptors (Lipinski definition) is 4. The maximum atomic E-state index is 11.9. The highest BCUT2D eigenvalue weighted by atomic mass is 16.5. The third-order valence-electron chi connectivity index (χ3n) is 2.45. The number of benzene rings is 1. The first kappa shape index (κ1) is 11.3. The van der Waals surface area contributed by atoms with Crippen LogP contribution in [0.5, 0.6) is 0 Å². The van der Waals surface area contributed by atoms with Crippen LogP contribution in [0, 0.1) is 12.1 Å². The van der Waals surface area contributed by atoms with E-state index in [9.17, 15) is 10.0 Å². The van der Waals surface area contributed by atoms with Gasteiger partial charge in [0.25, 0.3) is 0 Å². The number of aromatic nitrogens is 2. The van der Waals surface area contributed by atoms with Gasteiger partial charge in [-0.3, -0.25) is 0 Å². The van der Waals surface area contributed by atoms with E-state index in [1.165, 1.54) is 0 Å². The van der Waals surface area contributed by atoms with Crippen LogP contribution >= 0.6 is 0 Å². The predicted octanol–water partition coefficient (Wildman–Crippen LogP) is 1.35. The summed E-state index contributed by atoms with van der Waals surface area (Å²) in [6.45, 7) is 3.52. The number of nitrogens with zero attached hydrogens (tertiary/aromatic N) is 2. The topological polar surface area (TPSA) is 66.1 Å². The summed E-state index contributed by atoms with van der Waals surface area (Å²) >= 11 is 0. The van der Waals surface area contributed by atoms with E-state index in [0.29, 0.717) is 15.8 Å². The minimum absolute atomic E-state index is 0.0700. The highest BCUT2D eigenvalue weighted by Crippen LogP contribution is 2.11. The van der Waals surface area contributed by atoms with Gasteiger partial charge in [0, 0.05) is 13.0 Å². The molecule has 0 bridgehead atoms. The van der Waals surface area contributed by atoms with Crippen molar-refractivity contribution in [3.05, 3.63) is 40.9 Å². The van der Waals surface area contributed by atoms with Gasteiger partial charge in [-0.25, -0.2) is 9.78 Å². The third-order valence-corrected chi connectivity index (χ3v) is 2.45. The van der Waals surface area contributed by atoms with Gasteiger partial charge >= 0.3 is 5.97 Å². The molecule has 17 heavy (non-hydrogen) atoms. The number of esters is 1. The van der Waals surface area contributed by atoms with Crippen molar-refractivity contribution in [2.75, 3.05) is 6.61 Å². The summed E-state index contributed by atoms with van der Waals surface area (Å²) in [5.41, 5.74) is 1.25. The van der Waals surface area contributed by atoms with Gasteiger partial charge in [0.2, 0.25) is 16.9 Å². The Labute approximate surface area is 98.2 Å². The van der Waals surface area contributed by atoms with Crippen molar-refractivity contribution in [1.29, 1.82) is 0 Å². The Morgan fingerprint density at radius 2 is 2.18 bits per heavy atom. The van der Waals surface area contributed by atoms with Crippen molar-refractivity contribution in [2.45, 2.75) is 13.8 Å². The van der Waals surface area contributed by atoms with Crippen molar-refractivity contribution < 1.29 is 14.3 Å². The fourth-order valence-electron chi connectivity index (χ4n) is 1.60. The van der Waals surface area contributed by atoms with Crippen LogP contribution in [0.25, 0.3) is 11.0 Å². The average molecular weight is 232 g/mol. The Hall–Kier alpha value is -2.17. The van der Waals surface area contributed by atoms with Crippen LogP contribution in [0.1, 0.15) is 23.1 Å². The van der Waals surface area contributed by atoms with E-state index in [1.807, 2.05) is 0 Å². The molecule has 0 atom stereocenters. The highest BCUT2D eigenvalue weighted by Gasteiger charge is 2.21. The second kappa shape index (κ2) is 4.37. The molecule has 0 saturated carbocycles. The van der Waals surface area contributed by atoms with Gasteiger partial charge in [0.15, 0.2) is 0 Å². The molecule has 88 valence electrons. The van der Waals surface area contributed by atoms with Crippen molar-refractivity contribution >= 4 is 17.0 Å². The molecule has 2 aromatic rings. The Bertz CT molecular complexity index is 581. The Balaban J connectivity index is 2.65. The molecule has 0 unspecified atom stereocenters. The molecule has 0 aliphatic rings. The fraction of sp³-hybridized carbons (Fsp3) is 0.250. The van der Waals surface area contributed by atoms with Gasteiger partial charge < -0.3 is 9.94 Å². The van der Waals surface area contributed by atoms with Crippen LogP contribution in [0.3, 0.4) is 0 Å². The normalized spacial score (nSPS) is 10.5. The Kier molecular flexibility index (Phi) is 2.91. The molecular formula is C12H12N2O3. The number of ether oxygens (including phenoxy) is 1.